The monoisotopic (exact) mass is 415 g/mol. The Morgan fingerprint density at radius 2 is 1.83 bits per heavy atom. The van der Waals surface area contributed by atoms with E-state index in [1.807, 2.05) is 56.4 Å². The summed E-state index contributed by atoms with van der Waals surface area (Å²) in [4.78, 5) is 2.39. The molecule has 0 unspecified atom stereocenters. The van der Waals surface area contributed by atoms with Crippen molar-refractivity contribution in [3.05, 3.63) is 52.9 Å². The summed E-state index contributed by atoms with van der Waals surface area (Å²) in [6.45, 7) is 3.66. The van der Waals surface area contributed by atoms with Gasteiger partial charge in [-0.25, -0.2) is 4.68 Å². The molecule has 0 atom stereocenters. The van der Waals surface area contributed by atoms with E-state index in [-0.39, 0.29) is 0 Å². The van der Waals surface area contributed by atoms with E-state index in [1.54, 1.807) is 18.9 Å². The van der Waals surface area contributed by atoms with Gasteiger partial charge < -0.3 is 18.6 Å². The number of aromatic nitrogens is 2. The lowest BCUT2D eigenvalue weighted by molar-refractivity contribution is 0.240. The van der Waals surface area contributed by atoms with E-state index in [0.29, 0.717) is 42.0 Å². The molecule has 0 aliphatic heterocycles. The molecule has 29 heavy (non-hydrogen) atoms. The first kappa shape index (κ1) is 20.9. The molecule has 7 nitrogen and oxygen atoms in total. The van der Waals surface area contributed by atoms with Crippen molar-refractivity contribution in [3.8, 4) is 28.7 Å². The molecule has 0 spiro atoms. The summed E-state index contributed by atoms with van der Waals surface area (Å²) >= 11 is 5.37. The second-order valence-electron chi connectivity index (χ2n) is 6.45. The van der Waals surface area contributed by atoms with Gasteiger partial charge >= 0.3 is 0 Å². The average Bonchev–Trinajstić information content (AvgIpc) is 3.08. The fourth-order valence-corrected chi connectivity index (χ4v) is 3.18. The van der Waals surface area contributed by atoms with Crippen LogP contribution in [-0.4, -0.2) is 42.6 Å². The first-order valence-corrected chi connectivity index (χ1v) is 9.66. The minimum Gasteiger partial charge on any atom is -0.493 e. The summed E-state index contributed by atoms with van der Waals surface area (Å²) in [5.74, 6) is 2.57. The van der Waals surface area contributed by atoms with Crippen molar-refractivity contribution >= 4 is 12.2 Å². The third-order valence-electron chi connectivity index (χ3n) is 4.30. The van der Waals surface area contributed by atoms with Gasteiger partial charge in [0, 0.05) is 6.54 Å². The van der Waals surface area contributed by atoms with Gasteiger partial charge in [-0.2, -0.15) is 0 Å². The quantitative estimate of drug-likeness (QED) is 0.481. The van der Waals surface area contributed by atoms with Crippen LogP contribution in [0.1, 0.15) is 12.5 Å². The van der Waals surface area contributed by atoms with Crippen molar-refractivity contribution in [1.29, 1.82) is 0 Å². The average molecular weight is 416 g/mol. The van der Waals surface area contributed by atoms with Gasteiger partial charge in [-0.15, -0.1) is 5.10 Å². The molecule has 0 amide bonds. The van der Waals surface area contributed by atoms with Crippen LogP contribution in [0.25, 0.3) is 11.5 Å². The maximum atomic E-state index is 5.73. The highest BCUT2D eigenvalue weighted by Crippen LogP contribution is 2.29. The molecule has 3 rings (SSSR count). The SMILES string of the molecule is CCOc1ccccc1-c1nn(CN(C)Cc2ccc(OC)c(OC)c2)c(=S)o1. The zero-order chi connectivity index (χ0) is 20.8. The molecular formula is C21H25N3O4S. The van der Waals surface area contributed by atoms with Gasteiger partial charge in [0.2, 0.25) is 0 Å². The van der Waals surface area contributed by atoms with Crippen molar-refractivity contribution in [2.24, 2.45) is 0 Å². The predicted molar refractivity (Wildman–Crippen MR) is 113 cm³/mol. The topological polar surface area (TPSA) is 61.9 Å². The molecule has 1 aromatic heterocycles. The van der Waals surface area contributed by atoms with Gasteiger partial charge in [-0.05, 0) is 56.0 Å². The molecule has 154 valence electrons. The van der Waals surface area contributed by atoms with Crippen molar-refractivity contribution in [2.75, 3.05) is 27.9 Å². The van der Waals surface area contributed by atoms with Gasteiger partial charge in [0.25, 0.3) is 10.7 Å². The fraction of sp³-hybridized carbons (Fsp3) is 0.333. The van der Waals surface area contributed by atoms with E-state index in [1.165, 1.54) is 0 Å². The summed E-state index contributed by atoms with van der Waals surface area (Å²) in [7, 11) is 5.24. The molecular weight excluding hydrogens is 390 g/mol. The van der Waals surface area contributed by atoms with Crippen LogP contribution in [0.15, 0.2) is 46.9 Å². The second-order valence-corrected chi connectivity index (χ2v) is 6.80. The number of hydrogen-bond donors (Lipinski definition) is 0. The molecule has 1 heterocycles. The van der Waals surface area contributed by atoms with Gasteiger partial charge in [0.15, 0.2) is 11.5 Å². The van der Waals surface area contributed by atoms with Crippen molar-refractivity contribution in [3.63, 3.8) is 0 Å². The van der Waals surface area contributed by atoms with Crippen LogP contribution in [-0.2, 0) is 13.2 Å². The van der Waals surface area contributed by atoms with Crippen LogP contribution >= 0.6 is 12.2 Å². The molecule has 0 N–H and O–H groups in total. The van der Waals surface area contributed by atoms with Crippen LogP contribution in [0.3, 0.4) is 0 Å². The highest BCUT2D eigenvalue weighted by atomic mass is 32.1. The zero-order valence-corrected chi connectivity index (χ0v) is 17.9. The highest BCUT2D eigenvalue weighted by molar-refractivity contribution is 7.71. The highest BCUT2D eigenvalue weighted by Gasteiger charge is 2.14. The molecule has 0 aliphatic carbocycles. The first-order chi connectivity index (χ1) is 14.0. The number of ether oxygens (including phenoxy) is 3. The summed E-state index contributed by atoms with van der Waals surface area (Å²) < 4.78 is 23.7. The zero-order valence-electron chi connectivity index (χ0n) is 17.0. The minimum atomic E-state index is 0.311. The van der Waals surface area contributed by atoms with Crippen LogP contribution in [0.2, 0.25) is 0 Å². The molecule has 0 saturated heterocycles. The van der Waals surface area contributed by atoms with Crippen molar-refractivity contribution < 1.29 is 18.6 Å². The van der Waals surface area contributed by atoms with Crippen LogP contribution in [0.5, 0.6) is 17.2 Å². The van der Waals surface area contributed by atoms with Crippen molar-refractivity contribution in [2.45, 2.75) is 20.1 Å². The Kier molecular flexibility index (Phi) is 6.90. The summed E-state index contributed by atoms with van der Waals surface area (Å²) in [5.41, 5.74) is 1.86. The molecule has 0 saturated carbocycles. The maximum Gasteiger partial charge on any atom is 0.288 e. The third-order valence-corrected chi connectivity index (χ3v) is 4.59. The van der Waals surface area contributed by atoms with Crippen LogP contribution < -0.4 is 14.2 Å². The van der Waals surface area contributed by atoms with E-state index in [4.69, 9.17) is 30.8 Å². The summed E-state index contributed by atoms with van der Waals surface area (Å²) in [6, 6.07) is 13.5. The normalized spacial score (nSPS) is 10.9. The largest absolute Gasteiger partial charge is 0.493 e. The number of methoxy groups -OCH3 is 2. The Balaban J connectivity index is 1.75. The summed E-state index contributed by atoms with van der Waals surface area (Å²) in [6.07, 6.45) is 0. The second kappa shape index (κ2) is 9.58. The molecule has 2 aromatic carbocycles. The Hall–Kier alpha value is -2.84. The van der Waals surface area contributed by atoms with E-state index in [0.717, 1.165) is 16.9 Å². The Morgan fingerprint density at radius 3 is 2.55 bits per heavy atom. The lowest BCUT2D eigenvalue weighted by Gasteiger charge is -2.17. The van der Waals surface area contributed by atoms with Crippen LogP contribution in [0.4, 0.5) is 0 Å². The first-order valence-electron chi connectivity index (χ1n) is 9.25. The Bertz CT molecular complexity index is 1020. The fourth-order valence-electron chi connectivity index (χ4n) is 3.00. The minimum absolute atomic E-state index is 0.311. The van der Waals surface area contributed by atoms with E-state index < -0.39 is 0 Å². The number of para-hydroxylation sites is 1. The van der Waals surface area contributed by atoms with E-state index in [2.05, 4.69) is 10.00 Å². The van der Waals surface area contributed by atoms with Crippen molar-refractivity contribution in [1.82, 2.24) is 14.7 Å². The lowest BCUT2D eigenvalue weighted by Crippen LogP contribution is -2.22. The van der Waals surface area contributed by atoms with Gasteiger partial charge in [0.1, 0.15) is 5.75 Å². The smallest absolute Gasteiger partial charge is 0.288 e. The Morgan fingerprint density at radius 1 is 1.07 bits per heavy atom. The van der Waals surface area contributed by atoms with E-state index >= 15 is 0 Å². The van der Waals surface area contributed by atoms with Gasteiger partial charge in [-0.1, -0.05) is 18.2 Å². The van der Waals surface area contributed by atoms with Crippen LogP contribution in [0, 0.1) is 4.84 Å². The number of hydrogen-bond acceptors (Lipinski definition) is 7. The number of rotatable bonds is 9. The number of nitrogens with zero attached hydrogens (tertiary/aromatic N) is 3. The molecule has 0 bridgehead atoms. The van der Waals surface area contributed by atoms with Gasteiger partial charge in [-0.3, -0.25) is 4.90 Å². The predicted octanol–water partition coefficient (Wildman–Crippen LogP) is 4.38. The third kappa shape index (κ3) is 4.96. The molecule has 0 fully saturated rings. The molecule has 0 radical (unpaired) electrons. The maximum absolute atomic E-state index is 5.73. The standard InChI is InChI=1S/C21H25N3O4S/c1-5-27-17-9-7-6-8-16(17)20-22-24(21(29)28-20)14-23(2)13-15-10-11-18(25-3)19(12-15)26-4/h6-12H,5,13-14H2,1-4H3. The molecule has 0 aliphatic rings. The molecule has 8 heteroatoms. The van der Waals surface area contributed by atoms with Gasteiger partial charge in [0.05, 0.1) is 33.1 Å². The molecule has 3 aromatic rings. The lowest BCUT2D eigenvalue weighted by atomic mass is 10.2. The Labute approximate surface area is 175 Å². The summed E-state index contributed by atoms with van der Waals surface area (Å²) in [5, 5.41) is 4.55. The number of benzene rings is 2. The van der Waals surface area contributed by atoms with E-state index in [9.17, 15) is 0 Å².